The number of carbonyl (C=O) groups excluding carboxylic acids is 3. The van der Waals surface area contributed by atoms with Crippen LogP contribution in [0.2, 0.25) is 0 Å². The molecule has 1 aromatic rings. The van der Waals surface area contributed by atoms with Crippen molar-refractivity contribution in [2.75, 3.05) is 19.8 Å². The highest BCUT2D eigenvalue weighted by atomic mass is 19.3. The summed E-state index contributed by atoms with van der Waals surface area (Å²) in [4.78, 5) is 33.9. The molecule has 0 unspecified atom stereocenters. The van der Waals surface area contributed by atoms with Crippen LogP contribution in [0.1, 0.15) is 19.4 Å². The lowest BCUT2D eigenvalue weighted by molar-refractivity contribution is -0.143. The fraction of sp³-hybridized carbons (Fsp3) is 0.353. The van der Waals surface area contributed by atoms with Crippen molar-refractivity contribution in [2.24, 2.45) is 0 Å². The molecule has 0 saturated carbocycles. The first kappa shape index (κ1) is 21.9. The Morgan fingerprint density at radius 2 is 1.85 bits per heavy atom. The summed E-state index contributed by atoms with van der Waals surface area (Å²) in [6.45, 7) is -0.114. The number of alkyl carbamates (subject to hydrolysis) is 1. The van der Waals surface area contributed by atoms with Crippen LogP contribution in [0.4, 0.5) is 13.6 Å². The van der Waals surface area contributed by atoms with Crippen LogP contribution in [0.3, 0.4) is 0 Å². The SMILES string of the molecule is CCOC(=O)NC(=O)COC(=O)/C=C/c1ccc(OC(F)F)c(OCC)c1. The van der Waals surface area contributed by atoms with Crippen LogP contribution in [0.5, 0.6) is 11.5 Å². The summed E-state index contributed by atoms with van der Waals surface area (Å²) < 4.78 is 43.4. The lowest BCUT2D eigenvalue weighted by Gasteiger charge is -2.11. The zero-order valence-electron chi connectivity index (χ0n) is 14.7. The molecule has 0 aliphatic heterocycles. The molecule has 1 rings (SSSR count). The highest BCUT2D eigenvalue weighted by Crippen LogP contribution is 2.30. The van der Waals surface area contributed by atoms with Crippen molar-refractivity contribution in [3.63, 3.8) is 0 Å². The maximum absolute atomic E-state index is 12.4. The molecule has 8 nitrogen and oxygen atoms in total. The minimum absolute atomic E-state index is 0.0853. The smallest absolute Gasteiger partial charge is 0.413 e. The molecule has 0 atom stereocenters. The van der Waals surface area contributed by atoms with Crippen molar-refractivity contribution < 1.29 is 42.1 Å². The minimum atomic E-state index is -3.00. The Morgan fingerprint density at radius 3 is 2.48 bits per heavy atom. The second kappa shape index (κ2) is 11.4. The Kier molecular flexibility index (Phi) is 9.27. The number of hydrogen-bond acceptors (Lipinski definition) is 7. The highest BCUT2D eigenvalue weighted by molar-refractivity contribution is 5.94. The Balaban J connectivity index is 2.62. The number of esters is 1. The number of rotatable bonds is 9. The molecular formula is C17H19F2NO7. The van der Waals surface area contributed by atoms with Crippen molar-refractivity contribution >= 4 is 24.0 Å². The second-order valence-electron chi connectivity index (χ2n) is 4.73. The van der Waals surface area contributed by atoms with Gasteiger partial charge >= 0.3 is 18.7 Å². The van der Waals surface area contributed by atoms with Crippen LogP contribution in [0.25, 0.3) is 6.08 Å². The van der Waals surface area contributed by atoms with Crippen LogP contribution < -0.4 is 14.8 Å². The normalized spacial score (nSPS) is 10.6. The summed E-state index contributed by atoms with van der Waals surface area (Å²) in [5, 5.41) is 1.86. The van der Waals surface area contributed by atoms with E-state index in [-0.39, 0.29) is 24.7 Å². The average molecular weight is 387 g/mol. The van der Waals surface area contributed by atoms with Gasteiger partial charge in [-0.05, 0) is 37.6 Å². The van der Waals surface area contributed by atoms with Crippen LogP contribution in [0, 0.1) is 0 Å². The molecule has 0 aliphatic rings. The van der Waals surface area contributed by atoms with E-state index >= 15 is 0 Å². The molecule has 0 heterocycles. The molecule has 0 saturated heterocycles. The summed E-state index contributed by atoms with van der Waals surface area (Å²) in [7, 11) is 0. The standard InChI is InChI=1S/C17H19F2NO7/c1-3-24-13-9-11(5-7-12(13)27-16(18)19)6-8-15(22)26-10-14(21)20-17(23)25-4-2/h5-9,16H,3-4,10H2,1-2H3,(H,20,21,23)/b8-6+. The molecule has 1 N–H and O–H groups in total. The van der Waals surface area contributed by atoms with Gasteiger partial charge in [-0.3, -0.25) is 10.1 Å². The molecule has 1 aromatic carbocycles. The number of imide groups is 1. The molecule has 10 heteroatoms. The number of halogens is 2. The topological polar surface area (TPSA) is 100 Å². The molecular weight excluding hydrogens is 368 g/mol. The Bertz CT molecular complexity index is 692. The number of alkyl halides is 2. The fourth-order valence-electron chi connectivity index (χ4n) is 1.76. The van der Waals surface area contributed by atoms with Gasteiger partial charge in [0.2, 0.25) is 0 Å². The summed E-state index contributed by atoms with van der Waals surface area (Å²) >= 11 is 0. The lowest BCUT2D eigenvalue weighted by atomic mass is 10.2. The first-order chi connectivity index (χ1) is 12.8. The maximum Gasteiger partial charge on any atom is 0.413 e. The third-order valence-corrected chi connectivity index (χ3v) is 2.76. The van der Waals surface area contributed by atoms with Gasteiger partial charge in [0.1, 0.15) is 0 Å². The summed E-state index contributed by atoms with van der Waals surface area (Å²) in [6, 6.07) is 4.10. The van der Waals surface area contributed by atoms with E-state index < -0.39 is 31.2 Å². The highest BCUT2D eigenvalue weighted by Gasteiger charge is 2.12. The van der Waals surface area contributed by atoms with Crippen molar-refractivity contribution in [1.29, 1.82) is 0 Å². The van der Waals surface area contributed by atoms with E-state index in [0.717, 1.165) is 6.08 Å². The fourth-order valence-corrected chi connectivity index (χ4v) is 1.76. The summed E-state index contributed by atoms with van der Waals surface area (Å²) in [5.74, 6) is -1.74. The van der Waals surface area contributed by atoms with Gasteiger partial charge in [-0.1, -0.05) is 6.07 Å². The van der Waals surface area contributed by atoms with Gasteiger partial charge in [0.15, 0.2) is 18.1 Å². The van der Waals surface area contributed by atoms with Crippen LogP contribution in [0.15, 0.2) is 24.3 Å². The van der Waals surface area contributed by atoms with Crippen molar-refractivity contribution in [2.45, 2.75) is 20.5 Å². The molecule has 0 radical (unpaired) electrons. The van der Waals surface area contributed by atoms with E-state index in [1.165, 1.54) is 24.3 Å². The number of hydrogen-bond donors (Lipinski definition) is 1. The van der Waals surface area contributed by atoms with E-state index in [1.807, 2.05) is 5.32 Å². The van der Waals surface area contributed by atoms with Crippen molar-refractivity contribution in [3.8, 4) is 11.5 Å². The Hall–Kier alpha value is -3.17. The number of nitrogens with one attached hydrogen (secondary N) is 1. The molecule has 27 heavy (non-hydrogen) atoms. The van der Waals surface area contributed by atoms with Crippen molar-refractivity contribution in [3.05, 3.63) is 29.8 Å². The number of benzene rings is 1. The average Bonchev–Trinajstić information content (AvgIpc) is 2.60. The molecule has 0 fully saturated rings. The first-order valence-corrected chi connectivity index (χ1v) is 7.88. The van der Waals surface area contributed by atoms with Gasteiger partial charge in [-0.25, -0.2) is 9.59 Å². The van der Waals surface area contributed by atoms with Crippen LogP contribution in [-0.2, 0) is 19.1 Å². The van der Waals surface area contributed by atoms with E-state index in [1.54, 1.807) is 13.8 Å². The van der Waals surface area contributed by atoms with E-state index in [9.17, 15) is 23.2 Å². The van der Waals surface area contributed by atoms with E-state index in [0.29, 0.717) is 5.56 Å². The molecule has 0 aromatic heterocycles. The van der Waals surface area contributed by atoms with Gasteiger partial charge in [-0.15, -0.1) is 0 Å². The molecule has 0 spiro atoms. The van der Waals surface area contributed by atoms with E-state index in [4.69, 9.17) is 4.74 Å². The molecule has 2 amide bonds. The van der Waals surface area contributed by atoms with Gasteiger partial charge < -0.3 is 18.9 Å². The van der Waals surface area contributed by atoms with Gasteiger partial charge in [-0.2, -0.15) is 8.78 Å². The van der Waals surface area contributed by atoms with Gasteiger partial charge in [0, 0.05) is 6.08 Å². The quantitative estimate of drug-likeness (QED) is 0.513. The number of carbonyl (C=O) groups is 3. The largest absolute Gasteiger partial charge is 0.490 e. The minimum Gasteiger partial charge on any atom is -0.490 e. The zero-order chi connectivity index (χ0) is 20.2. The van der Waals surface area contributed by atoms with Gasteiger partial charge in [0.05, 0.1) is 13.2 Å². The summed E-state index contributed by atoms with van der Waals surface area (Å²) in [5.41, 5.74) is 0.452. The maximum atomic E-state index is 12.4. The zero-order valence-corrected chi connectivity index (χ0v) is 14.7. The third kappa shape index (κ3) is 8.66. The Morgan fingerprint density at radius 1 is 1.11 bits per heavy atom. The molecule has 0 bridgehead atoms. The molecule has 0 aliphatic carbocycles. The summed E-state index contributed by atoms with van der Waals surface area (Å²) in [6.07, 6.45) is 1.42. The molecule has 148 valence electrons. The Labute approximate surface area is 154 Å². The monoisotopic (exact) mass is 387 g/mol. The van der Waals surface area contributed by atoms with E-state index in [2.05, 4.69) is 14.2 Å². The first-order valence-electron chi connectivity index (χ1n) is 7.88. The van der Waals surface area contributed by atoms with Gasteiger partial charge in [0.25, 0.3) is 5.91 Å². The lowest BCUT2D eigenvalue weighted by Crippen LogP contribution is -2.34. The van der Waals surface area contributed by atoms with Crippen LogP contribution >= 0.6 is 0 Å². The second-order valence-corrected chi connectivity index (χ2v) is 4.73. The van der Waals surface area contributed by atoms with Crippen LogP contribution in [-0.4, -0.2) is 44.4 Å². The third-order valence-electron chi connectivity index (χ3n) is 2.76. The number of ether oxygens (including phenoxy) is 4. The number of amides is 2. The predicted molar refractivity (Wildman–Crippen MR) is 89.4 cm³/mol. The predicted octanol–water partition coefficient (Wildman–Crippen LogP) is 2.52. The van der Waals surface area contributed by atoms with Crippen molar-refractivity contribution in [1.82, 2.24) is 5.32 Å².